The molecule has 2 heterocycles. The summed E-state index contributed by atoms with van der Waals surface area (Å²) in [5, 5.41) is 0. The molecule has 96 valence electrons. The van der Waals surface area contributed by atoms with Crippen LogP contribution in [0.2, 0.25) is 0 Å². The van der Waals surface area contributed by atoms with Gasteiger partial charge in [-0.25, -0.2) is 9.97 Å². The molecule has 0 fully saturated rings. The standard InChI is InChI=1S/C11H11F3N4/c1-7-16-4-5-18(7)10-8(6-15)2-3-9(17-10)11(12,13)14/h2-5H,6,15H2,1H3. The molecule has 0 unspecified atom stereocenters. The summed E-state index contributed by atoms with van der Waals surface area (Å²) in [4.78, 5) is 7.60. The summed E-state index contributed by atoms with van der Waals surface area (Å²) < 4.78 is 39.4. The van der Waals surface area contributed by atoms with E-state index in [0.29, 0.717) is 11.4 Å². The Bertz CT molecular complexity index is 560. The van der Waals surface area contributed by atoms with Crippen molar-refractivity contribution in [1.82, 2.24) is 14.5 Å². The van der Waals surface area contributed by atoms with Gasteiger partial charge in [0.25, 0.3) is 0 Å². The maximum atomic E-state index is 12.6. The maximum absolute atomic E-state index is 12.6. The number of halogens is 3. The molecule has 0 bridgehead atoms. The number of aryl methyl sites for hydroxylation is 1. The van der Waals surface area contributed by atoms with Gasteiger partial charge in [-0.1, -0.05) is 6.07 Å². The first-order chi connectivity index (χ1) is 8.43. The van der Waals surface area contributed by atoms with Crippen molar-refractivity contribution in [2.75, 3.05) is 0 Å². The van der Waals surface area contributed by atoms with Crippen LogP contribution >= 0.6 is 0 Å². The van der Waals surface area contributed by atoms with Crippen LogP contribution < -0.4 is 5.73 Å². The zero-order chi connectivity index (χ0) is 13.3. The summed E-state index contributed by atoms with van der Waals surface area (Å²) in [6.45, 7) is 1.79. The van der Waals surface area contributed by atoms with Crippen LogP contribution in [-0.2, 0) is 12.7 Å². The van der Waals surface area contributed by atoms with E-state index < -0.39 is 11.9 Å². The lowest BCUT2D eigenvalue weighted by Crippen LogP contribution is -2.14. The van der Waals surface area contributed by atoms with Crippen LogP contribution in [0.4, 0.5) is 13.2 Å². The first-order valence-electron chi connectivity index (χ1n) is 5.21. The van der Waals surface area contributed by atoms with Crippen molar-refractivity contribution in [3.63, 3.8) is 0 Å². The number of nitrogens with zero attached hydrogens (tertiary/aromatic N) is 3. The third-order valence-electron chi connectivity index (χ3n) is 2.52. The molecule has 18 heavy (non-hydrogen) atoms. The van der Waals surface area contributed by atoms with E-state index in [1.807, 2.05) is 0 Å². The van der Waals surface area contributed by atoms with E-state index in [1.165, 1.54) is 16.8 Å². The molecule has 0 atom stereocenters. The third-order valence-corrected chi connectivity index (χ3v) is 2.52. The quantitative estimate of drug-likeness (QED) is 0.894. The molecule has 4 nitrogen and oxygen atoms in total. The minimum atomic E-state index is -4.48. The fraction of sp³-hybridized carbons (Fsp3) is 0.273. The van der Waals surface area contributed by atoms with Gasteiger partial charge in [-0.05, 0) is 13.0 Å². The molecule has 0 radical (unpaired) electrons. The lowest BCUT2D eigenvalue weighted by atomic mass is 10.2. The average Bonchev–Trinajstić information content (AvgIpc) is 2.73. The number of hydrogen-bond donors (Lipinski definition) is 1. The van der Waals surface area contributed by atoms with Gasteiger partial charge in [0.1, 0.15) is 17.3 Å². The molecule has 7 heteroatoms. The summed E-state index contributed by atoms with van der Waals surface area (Å²) >= 11 is 0. The molecule has 2 aromatic rings. The molecule has 0 amide bonds. The van der Waals surface area contributed by atoms with Gasteiger partial charge in [0.05, 0.1) is 0 Å². The Hall–Kier alpha value is -1.89. The molecule has 0 aliphatic carbocycles. The largest absolute Gasteiger partial charge is 0.433 e. The maximum Gasteiger partial charge on any atom is 0.433 e. The number of rotatable bonds is 2. The Balaban J connectivity index is 2.61. The smallest absolute Gasteiger partial charge is 0.326 e. The topological polar surface area (TPSA) is 56.7 Å². The van der Waals surface area contributed by atoms with E-state index in [9.17, 15) is 13.2 Å². The van der Waals surface area contributed by atoms with Gasteiger partial charge in [-0.3, -0.25) is 4.57 Å². The van der Waals surface area contributed by atoms with Crippen LogP contribution in [0.1, 0.15) is 17.1 Å². The highest BCUT2D eigenvalue weighted by atomic mass is 19.4. The van der Waals surface area contributed by atoms with E-state index >= 15 is 0 Å². The molecule has 0 aliphatic rings. The third kappa shape index (κ3) is 2.21. The molecule has 0 aliphatic heterocycles. The van der Waals surface area contributed by atoms with Gasteiger partial charge in [-0.15, -0.1) is 0 Å². The van der Waals surface area contributed by atoms with Gasteiger partial charge in [-0.2, -0.15) is 13.2 Å². The molecule has 2 rings (SSSR count). The normalized spacial score (nSPS) is 11.8. The van der Waals surface area contributed by atoms with Gasteiger partial charge in [0.2, 0.25) is 0 Å². The molecule has 0 aromatic carbocycles. The predicted molar refractivity (Wildman–Crippen MR) is 59.0 cm³/mol. The highest BCUT2D eigenvalue weighted by Crippen LogP contribution is 2.29. The lowest BCUT2D eigenvalue weighted by molar-refractivity contribution is -0.141. The summed E-state index contributed by atoms with van der Waals surface area (Å²) in [5.74, 6) is 0.721. The van der Waals surface area contributed by atoms with Crippen LogP contribution in [0, 0.1) is 6.92 Å². The average molecular weight is 256 g/mol. The zero-order valence-electron chi connectivity index (χ0n) is 9.57. The predicted octanol–water partition coefficient (Wildman–Crippen LogP) is 2.05. The molecular formula is C11H11F3N4. The van der Waals surface area contributed by atoms with Gasteiger partial charge in [0.15, 0.2) is 0 Å². The Morgan fingerprint density at radius 1 is 1.33 bits per heavy atom. The molecular weight excluding hydrogens is 245 g/mol. The Labute approximate surface area is 101 Å². The van der Waals surface area contributed by atoms with E-state index in [2.05, 4.69) is 9.97 Å². The first kappa shape index (κ1) is 12.6. The number of aromatic nitrogens is 3. The van der Waals surface area contributed by atoms with Crippen molar-refractivity contribution >= 4 is 0 Å². The van der Waals surface area contributed by atoms with Crippen molar-refractivity contribution in [3.05, 3.63) is 41.6 Å². The number of alkyl halides is 3. The van der Waals surface area contributed by atoms with Gasteiger partial charge in [0, 0.05) is 24.5 Å². The molecule has 0 saturated carbocycles. The SMILES string of the molecule is Cc1nccn1-c1nc(C(F)(F)F)ccc1CN. The zero-order valence-corrected chi connectivity index (χ0v) is 9.57. The van der Waals surface area contributed by atoms with Crippen LogP contribution in [0.3, 0.4) is 0 Å². The van der Waals surface area contributed by atoms with Crippen LogP contribution in [0.5, 0.6) is 0 Å². The Morgan fingerprint density at radius 2 is 2.06 bits per heavy atom. The second-order valence-electron chi connectivity index (χ2n) is 3.73. The monoisotopic (exact) mass is 256 g/mol. The van der Waals surface area contributed by atoms with Crippen molar-refractivity contribution in [3.8, 4) is 5.82 Å². The Kier molecular flexibility index (Phi) is 3.08. The van der Waals surface area contributed by atoms with Crippen molar-refractivity contribution in [2.45, 2.75) is 19.6 Å². The number of nitrogens with two attached hydrogens (primary N) is 1. The number of pyridine rings is 1. The van der Waals surface area contributed by atoms with Gasteiger partial charge < -0.3 is 5.73 Å². The first-order valence-corrected chi connectivity index (χ1v) is 5.21. The second kappa shape index (κ2) is 4.41. The highest BCUT2D eigenvalue weighted by Gasteiger charge is 2.33. The summed E-state index contributed by atoms with van der Waals surface area (Å²) in [7, 11) is 0. The summed E-state index contributed by atoms with van der Waals surface area (Å²) in [6, 6.07) is 2.27. The van der Waals surface area contributed by atoms with Crippen molar-refractivity contribution < 1.29 is 13.2 Å². The fourth-order valence-electron chi connectivity index (χ4n) is 1.60. The van der Waals surface area contributed by atoms with Crippen LogP contribution in [-0.4, -0.2) is 14.5 Å². The highest BCUT2D eigenvalue weighted by molar-refractivity contribution is 5.37. The lowest BCUT2D eigenvalue weighted by Gasteiger charge is -2.13. The van der Waals surface area contributed by atoms with E-state index in [4.69, 9.17) is 5.73 Å². The van der Waals surface area contributed by atoms with Crippen molar-refractivity contribution in [2.24, 2.45) is 5.73 Å². The minimum absolute atomic E-state index is 0.109. The number of imidazole rings is 1. The minimum Gasteiger partial charge on any atom is -0.326 e. The van der Waals surface area contributed by atoms with Crippen LogP contribution in [0.15, 0.2) is 24.5 Å². The molecule has 2 aromatic heterocycles. The van der Waals surface area contributed by atoms with Crippen LogP contribution in [0.25, 0.3) is 5.82 Å². The molecule has 0 saturated heterocycles. The fourth-order valence-corrected chi connectivity index (χ4v) is 1.60. The molecule has 0 spiro atoms. The molecule has 2 N–H and O–H groups in total. The summed E-state index contributed by atoms with van der Waals surface area (Å²) in [5.41, 5.74) is 5.10. The van der Waals surface area contributed by atoms with Gasteiger partial charge >= 0.3 is 6.18 Å². The second-order valence-corrected chi connectivity index (χ2v) is 3.73. The van der Waals surface area contributed by atoms with Crippen molar-refractivity contribution in [1.29, 1.82) is 0 Å². The van der Waals surface area contributed by atoms with E-state index in [1.54, 1.807) is 13.1 Å². The van der Waals surface area contributed by atoms with E-state index in [0.717, 1.165) is 6.07 Å². The Morgan fingerprint density at radius 3 is 2.56 bits per heavy atom. The number of hydrogen-bond acceptors (Lipinski definition) is 3. The summed E-state index contributed by atoms with van der Waals surface area (Å²) in [6.07, 6.45) is -1.43. The van der Waals surface area contributed by atoms with E-state index in [-0.39, 0.29) is 12.4 Å².